The molecule has 0 aromatic heterocycles. The average Bonchev–Trinajstić information content (AvgIpc) is 2.18. The Bertz CT molecular complexity index is 325. The van der Waals surface area contributed by atoms with Gasteiger partial charge in [0.1, 0.15) is 0 Å². The lowest BCUT2D eigenvalue weighted by Gasteiger charge is -2.12. The quantitative estimate of drug-likeness (QED) is 0.823. The Kier molecular flexibility index (Phi) is 4.66. The van der Waals surface area contributed by atoms with E-state index < -0.39 is 0 Å². The van der Waals surface area contributed by atoms with Crippen molar-refractivity contribution in [2.75, 3.05) is 0 Å². The molecular formula is C11H13BrClN. The fraction of sp³-hybridized carbons (Fsp3) is 0.273. The van der Waals surface area contributed by atoms with Crippen LogP contribution in [-0.4, -0.2) is 0 Å². The highest BCUT2D eigenvalue weighted by Gasteiger charge is 2.09. The smallest absolute Gasteiger partial charge is 0.0454 e. The summed E-state index contributed by atoms with van der Waals surface area (Å²) in [5, 5.41) is 0.727. The van der Waals surface area contributed by atoms with E-state index in [1.807, 2.05) is 24.3 Å². The van der Waals surface area contributed by atoms with Gasteiger partial charge in [-0.15, -0.1) is 6.58 Å². The molecule has 0 aliphatic carbocycles. The van der Waals surface area contributed by atoms with Gasteiger partial charge in [-0.1, -0.05) is 33.6 Å². The van der Waals surface area contributed by atoms with Crippen LogP contribution in [0.4, 0.5) is 0 Å². The second-order valence-corrected chi connectivity index (χ2v) is 4.46. The molecule has 0 aliphatic rings. The third-order valence-electron chi connectivity index (χ3n) is 2.04. The van der Waals surface area contributed by atoms with Crippen molar-refractivity contribution in [3.63, 3.8) is 0 Å². The van der Waals surface area contributed by atoms with Gasteiger partial charge in [0.15, 0.2) is 0 Å². The van der Waals surface area contributed by atoms with Crippen molar-refractivity contribution in [3.05, 3.63) is 45.9 Å². The lowest BCUT2D eigenvalue weighted by Crippen LogP contribution is -2.10. The number of rotatable bonds is 4. The zero-order valence-corrected chi connectivity index (χ0v) is 10.2. The van der Waals surface area contributed by atoms with E-state index in [0.29, 0.717) is 0 Å². The molecule has 1 aromatic rings. The first-order chi connectivity index (χ1) is 6.65. The summed E-state index contributed by atoms with van der Waals surface area (Å²) in [6.45, 7) is 3.67. The molecule has 0 spiro atoms. The molecule has 0 fully saturated rings. The van der Waals surface area contributed by atoms with Crippen LogP contribution >= 0.6 is 27.5 Å². The molecule has 3 heteroatoms. The van der Waals surface area contributed by atoms with Gasteiger partial charge in [-0.3, -0.25) is 0 Å². The first kappa shape index (κ1) is 11.8. The zero-order chi connectivity index (χ0) is 10.6. The number of benzene rings is 1. The molecule has 1 atom stereocenters. The van der Waals surface area contributed by atoms with Gasteiger partial charge in [-0.2, -0.15) is 0 Å². The van der Waals surface area contributed by atoms with E-state index in [4.69, 9.17) is 17.3 Å². The summed E-state index contributed by atoms with van der Waals surface area (Å²) in [7, 11) is 0. The second-order valence-electron chi connectivity index (χ2n) is 3.14. The topological polar surface area (TPSA) is 26.0 Å². The maximum absolute atomic E-state index is 6.04. The summed E-state index contributed by atoms with van der Waals surface area (Å²) in [4.78, 5) is 0. The highest BCUT2D eigenvalue weighted by molar-refractivity contribution is 9.10. The molecule has 0 saturated carbocycles. The Morgan fingerprint density at radius 1 is 1.57 bits per heavy atom. The predicted octanol–water partition coefficient (Wildman–Crippen LogP) is 4.07. The van der Waals surface area contributed by atoms with Crippen molar-refractivity contribution in [1.82, 2.24) is 0 Å². The van der Waals surface area contributed by atoms with Crippen LogP contribution in [0.5, 0.6) is 0 Å². The summed E-state index contributed by atoms with van der Waals surface area (Å²) in [5.41, 5.74) is 6.99. The van der Waals surface area contributed by atoms with Gasteiger partial charge in [0.05, 0.1) is 0 Å². The minimum Gasteiger partial charge on any atom is -0.324 e. The largest absolute Gasteiger partial charge is 0.324 e. The van der Waals surface area contributed by atoms with E-state index in [1.54, 1.807) is 0 Å². The Hall–Kier alpha value is -0.310. The van der Waals surface area contributed by atoms with Crippen molar-refractivity contribution in [2.45, 2.75) is 18.9 Å². The van der Waals surface area contributed by atoms with Crippen LogP contribution in [0.2, 0.25) is 5.02 Å². The molecule has 0 bridgehead atoms. The Morgan fingerprint density at radius 3 is 2.93 bits per heavy atom. The number of halogens is 2. The standard InChI is InChI=1S/C11H13BrClN/c1-2-3-4-11(14)9-7-8(12)5-6-10(9)13/h2,5-7,11H,1,3-4,14H2. The number of allylic oxidation sites excluding steroid dienone is 1. The molecule has 76 valence electrons. The number of hydrogen-bond acceptors (Lipinski definition) is 1. The third-order valence-corrected chi connectivity index (χ3v) is 2.88. The van der Waals surface area contributed by atoms with Gasteiger partial charge >= 0.3 is 0 Å². The SMILES string of the molecule is C=CCCC(N)c1cc(Br)ccc1Cl. The van der Waals surface area contributed by atoms with Crippen LogP contribution in [-0.2, 0) is 0 Å². The van der Waals surface area contributed by atoms with Gasteiger partial charge in [0.25, 0.3) is 0 Å². The second kappa shape index (κ2) is 5.54. The molecule has 0 radical (unpaired) electrons. The Balaban J connectivity index is 2.82. The van der Waals surface area contributed by atoms with Crippen molar-refractivity contribution in [3.8, 4) is 0 Å². The zero-order valence-electron chi connectivity index (χ0n) is 7.84. The molecule has 1 unspecified atom stereocenters. The fourth-order valence-electron chi connectivity index (χ4n) is 1.25. The van der Waals surface area contributed by atoms with Gasteiger partial charge in [0.2, 0.25) is 0 Å². The fourth-order valence-corrected chi connectivity index (χ4v) is 1.89. The van der Waals surface area contributed by atoms with Gasteiger partial charge < -0.3 is 5.73 Å². The summed E-state index contributed by atoms with van der Waals surface area (Å²) in [5.74, 6) is 0. The normalized spacial score (nSPS) is 12.5. The van der Waals surface area contributed by atoms with Crippen LogP contribution < -0.4 is 5.73 Å². The minimum absolute atomic E-state index is 0.0157. The maximum Gasteiger partial charge on any atom is 0.0454 e. The van der Waals surface area contributed by atoms with Crippen LogP contribution in [0.3, 0.4) is 0 Å². The van der Waals surface area contributed by atoms with E-state index >= 15 is 0 Å². The molecule has 0 aliphatic heterocycles. The molecular weight excluding hydrogens is 261 g/mol. The summed E-state index contributed by atoms with van der Waals surface area (Å²) < 4.78 is 1.01. The maximum atomic E-state index is 6.04. The first-order valence-electron chi connectivity index (χ1n) is 4.46. The summed E-state index contributed by atoms with van der Waals surface area (Å²) in [6, 6.07) is 5.72. The number of hydrogen-bond donors (Lipinski definition) is 1. The highest BCUT2D eigenvalue weighted by atomic mass is 79.9. The van der Waals surface area contributed by atoms with Gasteiger partial charge in [-0.05, 0) is 36.6 Å². The lowest BCUT2D eigenvalue weighted by atomic mass is 10.0. The van der Waals surface area contributed by atoms with E-state index in [1.165, 1.54) is 0 Å². The monoisotopic (exact) mass is 273 g/mol. The molecule has 1 rings (SSSR count). The van der Waals surface area contributed by atoms with Crippen molar-refractivity contribution < 1.29 is 0 Å². The van der Waals surface area contributed by atoms with Crippen LogP contribution in [0, 0.1) is 0 Å². The van der Waals surface area contributed by atoms with E-state index in [-0.39, 0.29) is 6.04 Å². The average molecular weight is 275 g/mol. The van der Waals surface area contributed by atoms with Gasteiger partial charge in [-0.25, -0.2) is 0 Å². The molecule has 0 heterocycles. The summed E-state index contributed by atoms with van der Waals surface area (Å²) in [6.07, 6.45) is 3.65. The predicted molar refractivity (Wildman–Crippen MR) is 65.5 cm³/mol. The van der Waals surface area contributed by atoms with Crippen molar-refractivity contribution in [2.24, 2.45) is 5.73 Å². The van der Waals surface area contributed by atoms with E-state index in [2.05, 4.69) is 22.5 Å². The minimum atomic E-state index is -0.0157. The van der Waals surface area contributed by atoms with Gasteiger partial charge in [0, 0.05) is 15.5 Å². The molecule has 14 heavy (non-hydrogen) atoms. The van der Waals surface area contributed by atoms with Crippen LogP contribution in [0.25, 0.3) is 0 Å². The Morgan fingerprint density at radius 2 is 2.29 bits per heavy atom. The van der Waals surface area contributed by atoms with Crippen LogP contribution in [0.15, 0.2) is 35.3 Å². The molecule has 0 saturated heterocycles. The highest BCUT2D eigenvalue weighted by Crippen LogP contribution is 2.27. The third kappa shape index (κ3) is 3.12. The lowest BCUT2D eigenvalue weighted by molar-refractivity contribution is 0.661. The number of nitrogens with two attached hydrogens (primary N) is 1. The molecule has 1 aromatic carbocycles. The molecule has 1 nitrogen and oxygen atoms in total. The van der Waals surface area contributed by atoms with Crippen LogP contribution in [0.1, 0.15) is 24.4 Å². The van der Waals surface area contributed by atoms with Crippen molar-refractivity contribution >= 4 is 27.5 Å². The molecule has 2 N–H and O–H groups in total. The Labute approximate surface area is 98.1 Å². The summed E-state index contributed by atoms with van der Waals surface area (Å²) >= 11 is 9.44. The molecule has 0 amide bonds. The van der Waals surface area contributed by atoms with E-state index in [9.17, 15) is 0 Å². The van der Waals surface area contributed by atoms with E-state index in [0.717, 1.165) is 27.9 Å². The first-order valence-corrected chi connectivity index (χ1v) is 5.63. The van der Waals surface area contributed by atoms with Crippen molar-refractivity contribution in [1.29, 1.82) is 0 Å².